The Bertz CT molecular complexity index is 216. The molecule has 0 aromatic rings. The van der Waals surface area contributed by atoms with Gasteiger partial charge in [0.05, 0.1) is 0 Å². The summed E-state index contributed by atoms with van der Waals surface area (Å²) < 4.78 is 0. The van der Waals surface area contributed by atoms with Crippen LogP contribution in [0.15, 0.2) is 0 Å². The summed E-state index contributed by atoms with van der Waals surface area (Å²) >= 11 is 0. The first-order valence-electron chi connectivity index (χ1n) is 7.65. The zero-order valence-corrected chi connectivity index (χ0v) is 13.1. The minimum Gasteiger partial charge on any atom is -0.314 e. The summed E-state index contributed by atoms with van der Waals surface area (Å²) in [5, 5.41) is 3.65. The van der Waals surface area contributed by atoms with Crippen LogP contribution in [0.5, 0.6) is 0 Å². The predicted molar refractivity (Wildman–Crippen MR) is 80.1 cm³/mol. The molecule has 0 radical (unpaired) electrons. The van der Waals surface area contributed by atoms with E-state index >= 15 is 0 Å². The molecule has 108 valence electrons. The summed E-state index contributed by atoms with van der Waals surface area (Å²) in [5.41, 5.74) is 0.459. The highest BCUT2D eigenvalue weighted by Crippen LogP contribution is 2.27. The zero-order valence-electron chi connectivity index (χ0n) is 13.1. The van der Waals surface area contributed by atoms with Gasteiger partial charge in [-0.25, -0.2) is 0 Å². The van der Waals surface area contributed by atoms with E-state index in [2.05, 4.69) is 49.9 Å². The minimum absolute atomic E-state index is 0.459. The van der Waals surface area contributed by atoms with Gasteiger partial charge in [0, 0.05) is 45.3 Å². The molecule has 0 aliphatic carbocycles. The minimum atomic E-state index is 0.459. The second kappa shape index (κ2) is 7.46. The van der Waals surface area contributed by atoms with Crippen molar-refractivity contribution >= 4 is 0 Å². The lowest BCUT2D eigenvalue weighted by atomic mass is 9.81. The lowest BCUT2D eigenvalue weighted by Gasteiger charge is -2.41. The molecule has 0 aromatic heterocycles. The number of nitrogens with one attached hydrogen (secondary N) is 1. The molecule has 1 rings (SSSR count). The van der Waals surface area contributed by atoms with Crippen LogP contribution in [0.25, 0.3) is 0 Å². The van der Waals surface area contributed by atoms with Gasteiger partial charge in [-0.05, 0) is 25.3 Å². The molecule has 1 aliphatic heterocycles. The maximum Gasteiger partial charge on any atom is 0.0110 e. The van der Waals surface area contributed by atoms with Gasteiger partial charge in [-0.2, -0.15) is 0 Å². The second-order valence-corrected chi connectivity index (χ2v) is 6.32. The molecule has 1 N–H and O–H groups in total. The molecule has 0 spiro atoms. The van der Waals surface area contributed by atoms with Gasteiger partial charge in [-0.15, -0.1) is 0 Å². The van der Waals surface area contributed by atoms with Crippen molar-refractivity contribution in [3.63, 3.8) is 0 Å². The van der Waals surface area contributed by atoms with Crippen molar-refractivity contribution in [3.8, 4) is 0 Å². The SMILES string of the molecule is CCC(CC)(CNC(C)C)CN1CCN(C)CC1. The Morgan fingerprint density at radius 1 is 1.06 bits per heavy atom. The third kappa shape index (κ3) is 4.87. The lowest BCUT2D eigenvalue weighted by Crippen LogP contribution is -2.51. The highest BCUT2D eigenvalue weighted by Gasteiger charge is 2.29. The van der Waals surface area contributed by atoms with Gasteiger partial charge in [0.1, 0.15) is 0 Å². The van der Waals surface area contributed by atoms with Gasteiger partial charge < -0.3 is 15.1 Å². The van der Waals surface area contributed by atoms with Crippen molar-refractivity contribution in [1.82, 2.24) is 15.1 Å². The van der Waals surface area contributed by atoms with E-state index in [1.807, 2.05) is 0 Å². The maximum atomic E-state index is 3.65. The summed E-state index contributed by atoms with van der Waals surface area (Å²) in [6.45, 7) is 16.5. The van der Waals surface area contributed by atoms with Crippen LogP contribution >= 0.6 is 0 Å². The van der Waals surface area contributed by atoms with E-state index in [1.165, 1.54) is 45.6 Å². The van der Waals surface area contributed by atoms with Crippen LogP contribution in [0.4, 0.5) is 0 Å². The number of nitrogens with zero attached hydrogens (tertiary/aromatic N) is 2. The van der Waals surface area contributed by atoms with Crippen molar-refractivity contribution in [2.75, 3.05) is 46.3 Å². The van der Waals surface area contributed by atoms with E-state index in [4.69, 9.17) is 0 Å². The van der Waals surface area contributed by atoms with Crippen molar-refractivity contribution in [2.45, 2.75) is 46.6 Å². The average molecular weight is 255 g/mol. The molecule has 0 unspecified atom stereocenters. The molecule has 18 heavy (non-hydrogen) atoms. The Morgan fingerprint density at radius 2 is 1.61 bits per heavy atom. The van der Waals surface area contributed by atoms with E-state index in [0.29, 0.717) is 11.5 Å². The Labute approximate surface area is 114 Å². The van der Waals surface area contributed by atoms with Gasteiger partial charge >= 0.3 is 0 Å². The van der Waals surface area contributed by atoms with Crippen molar-refractivity contribution < 1.29 is 0 Å². The molecule has 3 heteroatoms. The van der Waals surface area contributed by atoms with E-state index < -0.39 is 0 Å². The summed E-state index contributed by atoms with van der Waals surface area (Å²) in [6, 6.07) is 0.593. The lowest BCUT2D eigenvalue weighted by molar-refractivity contribution is 0.0871. The molecule has 0 saturated carbocycles. The molecule has 1 heterocycles. The quantitative estimate of drug-likeness (QED) is 0.751. The van der Waals surface area contributed by atoms with Crippen LogP contribution < -0.4 is 5.32 Å². The second-order valence-electron chi connectivity index (χ2n) is 6.32. The van der Waals surface area contributed by atoms with Crippen LogP contribution in [-0.4, -0.2) is 62.2 Å². The van der Waals surface area contributed by atoms with Crippen LogP contribution in [-0.2, 0) is 0 Å². The summed E-state index contributed by atoms with van der Waals surface area (Å²) in [4.78, 5) is 5.09. The molecule has 1 aliphatic rings. The van der Waals surface area contributed by atoms with Crippen LogP contribution in [0.2, 0.25) is 0 Å². The molecule has 0 aromatic carbocycles. The van der Waals surface area contributed by atoms with Gasteiger partial charge in [-0.3, -0.25) is 0 Å². The Hall–Kier alpha value is -0.120. The Kier molecular flexibility index (Phi) is 6.61. The maximum absolute atomic E-state index is 3.65. The highest BCUT2D eigenvalue weighted by atomic mass is 15.2. The summed E-state index contributed by atoms with van der Waals surface area (Å²) in [6.07, 6.45) is 2.55. The number of hydrogen-bond donors (Lipinski definition) is 1. The fraction of sp³-hybridized carbons (Fsp3) is 1.00. The average Bonchev–Trinajstić information content (AvgIpc) is 2.37. The smallest absolute Gasteiger partial charge is 0.0110 e. The van der Waals surface area contributed by atoms with E-state index in [9.17, 15) is 0 Å². The fourth-order valence-corrected chi connectivity index (χ4v) is 2.68. The predicted octanol–water partition coefficient (Wildman–Crippen LogP) is 2.04. The molecule has 3 nitrogen and oxygen atoms in total. The molecule has 0 atom stereocenters. The summed E-state index contributed by atoms with van der Waals surface area (Å²) in [5.74, 6) is 0. The standard InChI is InChI=1S/C15H33N3/c1-6-15(7-2,12-16-14(3)4)13-18-10-8-17(5)9-11-18/h14,16H,6-13H2,1-5H3. The van der Waals surface area contributed by atoms with Crippen molar-refractivity contribution in [1.29, 1.82) is 0 Å². The van der Waals surface area contributed by atoms with E-state index in [0.717, 1.165) is 6.54 Å². The first-order chi connectivity index (χ1) is 8.51. The van der Waals surface area contributed by atoms with Gasteiger partial charge in [-0.1, -0.05) is 27.7 Å². The Morgan fingerprint density at radius 3 is 2.06 bits per heavy atom. The molecule has 0 bridgehead atoms. The zero-order chi connectivity index (χ0) is 13.6. The normalized spacial score (nSPS) is 19.7. The van der Waals surface area contributed by atoms with Crippen LogP contribution in [0.1, 0.15) is 40.5 Å². The van der Waals surface area contributed by atoms with Crippen LogP contribution in [0, 0.1) is 5.41 Å². The highest BCUT2D eigenvalue weighted by molar-refractivity contribution is 4.85. The monoisotopic (exact) mass is 255 g/mol. The first-order valence-corrected chi connectivity index (χ1v) is 7.65. The number of hydrogen-bond acceptors (Lipinski definition) is 3. The number of piperazine rings is 1. The van der Waals surface area contributed by atoms with Crippen LogP contribution in [0.3, 0.4) is 0 Å². The molecule has 1 fully saturated rings. The molecular formula is C15H33N3. The van der Waals surface area contributed by atoms with E-state index in [-0.39, 0.29) is 0 Å². The Balaban J connectivity index is 2.50. The molecule has 0 amide bonds. The largest absolute Gasteiger partial charge is 0.314 e. The van der Waals surface area contributed by atoms with E-state index in [1.54, 1.807) is 0 Å². The van der Waals surface area contributed by atoms with Crippen molar-refractivity contribution in [3.05, 3.63) is 0 Å². The van der Waals surface area contributed by atoms with Gasteiger partial charge in [0.2, 0.25) is 0 Å². The fourth-order valence-electron chi connectivity index (χ4n) is 2.68. The number of rotatable bonds is 7. The number of likely N-dealkylation sites (N-methyl/N-ethyl adjacent to an activating group) is 1. The van der Waals surface area contributed by atoms with Gasteiger partial charge in [0.25, 0.3) is 0 Å². The summed E-state index contributed by atoms with van der Waals surface area (Å²) in [7, 11) is 2.23. The topological polar surface area (TPSA) is 18.5 Å². The van der Waals surface area contributed by atoms with Crippen molar-refractivity contribution in [2.24, 2.45) is 5.41 Å². The third-order valence-electron chi connectivity index (χ3n) is 4.54. The third-order valence-corrected chi connectivity index (χ3v) is 4.54. The molecule has 1 saturated heterocycles. The van der Waals surface area contributed by atoms with Gasteiger partial charge in [0.15, 0.2) is 0 Å². The molecular weight excluding hydrogens is 222 g/mol. The first kappa shape index (κ1) is 15.9.